The molecule has 0 radical (unpaired) electrons. The van der Waals surface area contributed by atoms with E-state index in [0.717, 1.165) is 11.1 Å². The van der Waals surface area contributed by atoms with Crippen LogP contribution < -0.4 is 0 Å². The zero-order valence-electron chi connectivity index (χ0n) is 10.5. The second kappa shape index (κ2) is 5.11. The summed E-state index contributed by atoms with van der Waals surface area (Å²) in [7, 11) is 0. The number of nitrogens with zero attached hydrogens (tertiary/aromatic N) is 2. The van der Waals surface area contributed by atoms with E-state index < -0.39 is 5.82 Å². The van der Waals surface area contributed by atoms with Crippen molar-refractivity contribution in [2.24, 2.45) is 0 Å². The van der Waals surface area contributed by atoms with Gasteiger partial charge in [-0.15, -0.1) is 0 Å². The van der Waals surface area contributed by atoms with Crippen molar-refractivity contribution in [2.45, 2.75) is 6.92 Å². The summed E-state index contributed by atoms with van der Waals surface area (Å²) < 4.78 is 14.7. The number of benzene rings is 2. The van der Waals surface area contributed by atoms with Crippen molar-refractivity contribution in [1.82, 2.24) is 9.97 Å². The minimum absolute atomic E-state index is 0.228. The van der Waals surface area contributed by atoms with Crippen LogP contribution >= 0.6 is 27.5 Å². The van der Waals surface area contributed by atoms with Gasteiger partial charge in [-0.25, -0.2) is 14.4 Å². The summed E-state index contributed by atoms with van der Waals surface area (Å²) in [6.45, 7) is 1.95. The highest BCUT2D eigenvalue weighted by atomic mass is 79.9. The third-order valence-corrected chi connectivity index (χ3v) is 3.80. The molecule has 0 saturated heterocycles. The van der Waals surface area contributed by atoms with Crippen LogP contribution in [0.1, 0.15) is 5.56 Å². The zero-order chi connectivity index (χ0) is 14.3. The molecular weight excluding hydrogens is 343 g/mol. The lowest BCUT2D eigenvalue weighted by atomic mass is 10.1. The van der Waals surface area contributed by atoms with E-state index in [9.17, 15) is 4.39 Å². The predicted molar refractivity (Wildman–Crippen MR) is 82.4 cm³/mol. The Hall–Kier alpha value is -1.52. The van der Waals surface area contributed by atoms with Crippen LogP contribution in [0.4, 0.5) is 4.39 Å². The summed E-state index contributed by atoms with van der Waals surface area (Å²) in [5, 5.41) is 0.740. The van der Waals surface area contributed by atoms with Crippen LogP contribution in [0, 0.1) is 12.7 Å². The lowest BCUT2D eigenvalue weighted by molar-refractivity contribution is 0.636. The van der Waals surface area contributed by atoms with Crippen molar-refractivity contribution >= 4 is 38.4 Å². The van der Waals surface area contributed by atoms with Gasteiger partial charge < -0.3 is 0 Å². The maximum Gasteiger partial charge on any atom is 0.161 e. The Morgan fingerprint density at radius 1 is 1.15 bits per heavy atom. The molecule has 2 aromatic carbocycles. The van der Waals surface area contributed by atoms with Gasteiger partial charge in [0.2, 0.25) is 0 Å². The third-order valence-electron chi connectivity index (χ3n) is 3.06. The van der Waals surface area contributed by atoms with E-state index in [2.05, 4.69) is 25.9 Å². The molecule has 0 aliphatic heterocycles. The highest BCUT2D eigenvalue weighted by molar-refractivity contribution is 9.10. The van der Waals surface area contributed by atoms with Gasteiger partial charge >= 0.3 is 0 Å². The van der Waals surface area contributed by atoms with Crippen molar-refractivity contribution < 1.29 is 4.39 Å². The highest BCUT2D eigenvalue weighted by Gasteiger charge is 2.13. The Bertz CT molecular complexity index is 820. The molecule has 0 bridgehead atoms. The first-order valence-corrected chi connectivity index (χ1v) is 7.11. The summed E-state index contributed by atoms with van der Waals surface area (Å²) in [6.07, 6.45) is 0. The number of hydrogen-bond donors (Lipinski definition) is 0. The van der Waals surface area contributed by atoms with Crippen molar-refractivity contribution in [1.29, 1.82) is 0 Å². The van der Waals surface area contributed by atoms with Gasteiger partial charge in [0.15, 0.2) is 11.6 Å². The van der Waals surface area contributed by atoms with E-state index in [4.69, 9.17) is 11.6 Å². The normalized spacial score (nSPS) is 11.0. The number of halogens is 3. The molecule has 1 heterocycles. The van der Waals surface area contributed by atoms with Crippen LogP contribution in [0.15, 0.2) is 40.9 Å². The first-order valence-electron chi connectivity index (χ1n) is 5.94. The van der Waals surface area contributed by atoms with Crippen molar-refractivity contribution in [3.8, 4) is 11.4 Å². The monoisotopic (exact) mass is 350 g/mol. The number of aryl methyl sites for hydroxylation is 1. The second-order valence-corrected chi connectivity index (χ2v) is 5.71. The summed E-state index contributed by atoms with van der Waals surface area (Å²) >= 11 is 9.41. The molecule has 0 fully saturated rings. The molecule has 0 aliphatic carbocycles. The van der Waals surface area contributed by atoms with Crippen LogP contribution in [0.25, 0.3) is 22.3 Å². The Morgan fingerprint density at radius 2 is 1.90 bits per heavy atom. The SMILES string of the molecule is Cc1ccccc1-c1nc(Cl)c2cc(Br)cc(F)c2n1. The minimum Gasteiger partial charge on any atom is -0.225 e. The number of hydrogen-bond acceptors (Lipinski definition) is 2. The van der Waals surface area contributed by atoms with Gasteiger partial charge in [-0.2, -0.15) is 0 Å². The van der Waals surface area contributed by atoms with Gasteiger partial charge in [0.1, 0.15) is 10.7 Å². The Kier molecular flexibility index (Phi) is 3.44. The molecule has 2 nitrogen and oxygen atoms in total. The highest BCUT2D eigenvalue weighted by Crippen LogP contribution is 2.30. The van der Waals surface area contributed by atoms with Crippen LogP contribution in [0.3, 0.4) is 0 Å². The van der Waals surface area contributed by atoms with E-state index in [1.54, 1.807) is 6.07 Å². The lowest BCUT2D eigenvalue weighted by Crippen LogP contribution is -1.95. The first-order chi connectivity index (χ1) is 9.56. The van der Waals surface area contributed by atoms with E-state index in [1.165, 1.54) is 6.07 Å². The first kappa shape index (κ1) is 13.5. The number of aromatic nitrogens is 2. The molecule has 0 N–H and O–H groups in total. The molecule has 0 aliphatic rings. The Labute approximate surface area is 128 Å². The molecule has 0 spiro atoms. The average Bonchev–Trinajstić information content (AvgIpc) is 2.40. The van der Waals surface area contributed by atoms with Gasteiger partial charge in [-0.05, 0) is 24.6 Å². The zero-order valence-corrected chi connectivity index (χ0v) is 12.8. The van der Waals surface area contributed by atoms with Gasteiger partial charge in [0, 0.05) is 15.4 Å². The van der Waals surface area contributed by atoms with E-state index >= 15 is 0 Å². The smallest absolute Gasteiger partial charge is 0.161 e. The van der Waals surface area contributed by atoms with E-state index in [1.807, 2.05) is 31.2 Å². The van der Waals surface area contributed by atoms with Gasteiger partial charge in [0.05, 0.1) is 0 Å². The quantitative estimate of drug-likeness (QED) is 0.566. The maximum atomic E-state index is 14.0. The molecule has 0 unspecified atom stereocenters. The minimum atomic E-state index is -0.423. The van der Waals surface area contributed by atoms with Crippen LogP contribution in [0.2, 0.25) is 5.15 Å². The third kappa shape index (κ3) is 2.30. The van der Waals surface area contributed by atoms with Crippen LogP contribution in [-0.2, 0) is 0 Å². The molecule has 0 atom stereocenters. The Morgan fingerprint density at radius 3 is 2.65 bits per heavy atom. The van der Waals surface area contributed by atoms with Crippen LogP contribution in [0.5, 0.6) is 0 Å². The van der Waals surface area contributed by atoms with Crippen molar-refractivity contribution in [3.63, 3.8) is 0 Å². The number of fused-ring (bicyclic) bond motifs is 1. The second-order valence-electron chi connectivity index (χ2n) is 4.44. The fourth-order valence-electron chi connectivity index (χ4n) is 2.07. The molecule has 100 valence electrons. The molecule has 3 aromatic rings. The number of rotatable bonds is 1. The fourth-order valence-corrected chi connectivity index (χ4v) is 2.72. The van der Waals surface area contributed by atoms with Crippen molar-refractivity contribution in [3.05, 3.63) is 57.4 Å². The molecular formula is C15H9BrClFN2. The van der Waals surface area contributed by atoms with Crippen molar-refractivity contribution in [2.75, 3.05) is 0 Å². The molecule has 0 saturated carbocycles. The van der Waals surface area contributed by atoms with E-state index in [-0.39, 0.29) is 10.7 Å². The largest absolute Gasteiger partial charge is 0.225 e. The van der Waals surface area contributed by atoms with E-state index in [0.29, 0.717) is 15.7 Å². The Balaban J connectivity index is 2.33. The van der Waals surface area contributed by atoms with Gasteiger partial charge in [-0.3, -0.25) is 0 Å². The average molecular weight is 352 g/mol. The fraction of sp³-hybridized carbons (Fsp3) is 0.0667. The van der Waals surface area contributed by atoms with Crippen LogP contribution in [-0.4, -0.2) is 9.97 Å². The maximum absolute atomic E-state index is 14.0. The molecule has 0 amide bonds. The predicted octanol–water partition coefficient (Wildman–Crippen LogP) is 5.16. The standard InChI is InChI=1S/C15H9BrClFN2/c1-8-4-2-3-5-10(8)15-19-13-11(14(17)20-15)6-9(16)7-12(13)18/h2-7H,1H3. The summed E-state index contributed by atoms with van der Waals surface area (Å²) in [4.78, 5) is 8.60. The molecule has 5 heteroatoms. The molecule has 3 rings (SSSR count). The molecule has 1 aromatic heterocycles. The molecule has 20 heavy (non-hydrogen) atoms. The summed E-state index contributed by atoms with van der Waals surface area (Å²) in [5.74, 6) is 0.00957. The summed E-state index contributed by atoms with van der Waals surface area (Å²) in [6, 6.07) is 10.7. The van der Waals surface area contributed by atoms with Gasteiger partial charge in [0.25, 0.3) is 0 Å². The summed E-state index contributed by atoms with van der Waals surface area (Å²) in [5.41, 5.74) is 2.09. The van der Waals surface area contributed by atoms with Gasteiger partial charge in [-0.1, -0.05) is 51.8 Å². The topological polar surface area (TPSA) is 25.8 Å². The lowest BCUT2D eigenvalue weighted by Gasteiger charge is -2.08.